The quantitative estimate of drug-likeness (QED) is 0.648. The lowest BCUT2D eigenvalue weighted by Gasteiger charge is -2.24. The predicted molar refractivity (Wildman–Crippen MR) is 104 cm³/mol. The third-order valence-corrected chi connectivity index (χ3v) is 5.50. The van der Waals surface area contributed by atoms with Crippen molar-refractivity contribution in [1.82, 2.24) is 19.7 Å². The van der Waals surface area contributed by atoms with Crippen molar-refractivity contribution in [2.24, 2.45) is 0 Å². The van der Waals surface area contributed by atoms with Gasteiger partial charge >= 0.3 is 0 Å². The molecule has 2 atom stereocenters. The van der Waals surface area contributed by atoms with Gasteiger partial charge in [0.1, 0.15) is 5.82 Å². The minimum Gasteiger partial charge on any atom is -0.376 e. The zero-order valence-electron chi connectivity index (χ0n) is 15.0. The lowest BCUT2D eigenvalue weighted by atomic mass is 10.1. The van der Waals surface area contributed by atoms with Crippen molar-refractivity contribution >= 4 is 17.4 Å². The maximum atomic E-state index is 6.24. The second-order valence-electron chi connectivity index (χ2n) is 7.12. The summed E-state index contributed by atoms with van der Waals surface area (Å²) in [5.41, 5.74) is 3.19. The van der Waals surface area contributed by atoms with Crippen LogP contribution in [-0.4, -0.2) is 45.0 Å². The van der Waals surface area contributed by atoms with Gasteiger partial charge in [0.2, 0.25) is 5.28 Å². The Labute approximate surface area is 162 Å². The molecule has 0 amide bonds. The van der Waals surface area contributed by atoms with E-state index in [0.717, 1.165) is 43.1 Å². The summed E-state index contributed by atoms with van der Waals surface area (Å²) in [7, 11) is 0. The van der Waals surface area contributed by atoms with Crippen molar-refractivity contribution in [2.75, 3.05) is 18.1 Å². The molecule has 7 heteroatoms. The van der Waals surface area contributed by atoms with E-state index in [1.165, 1.54) is 5.56 Å². The number of rotatable bonds is 3. The molecule has 3 aromatic rings. The van der Waals surface area contributed by atoms with E-state index in [4.69, 9.17) is 21.4 Å². The summed E-state index contributed by atoms with van der Waals surface area (Å²) in [6.07, 6.45) is 4.27. The van der Waals surface area contributed by atoms with Gasteiger partial charge in [-0.1, -0.05) is 23.8 Å². The monoisotopic (exact) mass is 381 g/mol. The Morgan fingerprint density at radius 2 is 2.00 bits per heavy atom. The summed E-state index contributed by atoms with van der Waals surface area (Å²) in [5, 5.41) is 4.93. The van der Waals surface area contributed by atoms with E-state index < -0.39 is 0 Å². The van der Waals surface area contributed by atoms with E-state index >= 15 is 0 Å². The van der Waals surface area contributed by atoms with Crippen molar-refractivity contribution in [1.29, 1.82) is 0 Å². The summed E-state index contributed by atoms with van der Waals surface area (Å²) in [4.78, 5) is 11.1. The molecule has 2 aromatic heterocycles. The molecule has 0 aliphatic carbocycles. The molecule has 1 aromatic carbocycles. The first-order valence-corrected chi connectivity index (χ1v) is 9.61. The zero-order valence-corrected chi connectivity index (χ0v) is 15.8. The minimum absolute atomic E-state index is 0.234. The van der Waals surface area contributed by atoms with Crippen molar-refractivity contribution in [2.45, 2.75) is 31.9 Å². The van der Waals surface area contributed by atoms with E-state index in [1.807, 2.05) is 24.4 Å². The summed E-state index contributed by atoms with van der Waals surface area (Å²) in [6.45, 7) is 3.82. The number of benzene rings is 1. The van der Waals surface area contributed by atoms with E-state index in [1.54, 1.807) is 4.68 Å². The number of anilines is 1. The van der Waals surface area contributed by atoms with Crippen molar-refractivity contribution in [3.63, 3.8) is 0 Å². The second-order valence-corrected chi connectivity index (χ2v) is 7.45. The number of nitrogens with zero attached hydrogens (tertiary/aromatic N) is 5. The average Bonchev–Trinajstić information content (AvgIpc) is 3.38. The molecule has 0 radical (unpaired) electrons. The lowest BCUT2D eigenvalue weighted by Crippen LogP contribution is -2.32. The smallest absolute Gasteiger partial charge is 0.226 e. The van der Waals surface area contributed by atoms with Crippen molar-refractivity contribution < 1.29 is 4.74 Å². The van der Waals surface area contributed by atoms with Gasteiger partial charge in [0.15, 0.2) is 5.82 Å². The highest BCUT2D eigenvalue weighted by atomic mass is 35.5. The SMILES string of the molecule is Cc1cccc(-c2ccn(-c3cc(N4CC[C@H]5OCC[C@H]54)nc(Cl)n3)n2)c1. The first kappa shape index (κ1) is 16.7. The van der Waals surface area contributed by atoms with Crippen LogP contribution in [0.2, 0.25) is 5.28 Å². The fourth-order valence-corrected chi connectivity index (χ4v) is 4.23. The third-order valence-electron chi connectivity index (χ3n) is 5.33. The molecular weight excluding hydrogens is 362 g/mol. The van der Waals surface area contributed by atoms with E-state index in [2.05, 4.69) is 40.0 Å². The van der Waals surface area contributed by atoms with Gasteiger partial charge in [-0.2, -0.15) is 10.1 Å². The fraction of sp³-hybridized carbons (Fsp3) is 0.350. The van der Waals surface area contributed by atoms with Crippen LogP contribution < -0.4 is 4.90 Å². The Kier molecular flexibility index (Phi) is 4.10. The molecule has 0 N–H and O–H groups in total. The van der Waals surface area contributed by atoms with Crippen LogP contribution in [0.25, 0.3) is 17.1 Å². The van der Waals surface area contributed by atoms with E-state index in [-0.39, 0.29) is 5.28 Å². The highest BCUT2D eigenvalue weighted by Crippen LogP contribution is 2.33. The summed E-state index contributed by atoms with van der Waals surface area (Å²) < 4.78 is 7.56. The number of ether oxygens (including phenoxy) is 1. The number of halogens is 1. The van der Waals surface area contributed by atoms with Gasteiger partial charge in [0.05, 0.1) is 17.8 Å². The number of hydrogen-bond donors (Lipinski definition) is 0. The standard InChI is InChI=1S/C20H20ClN5O/c1-13-3-2-4-14(11-13)15-5-9-26(24-15)19-12-18(22-20(21)23-19)25-8-6-17-16(25)7-10-27-17/h2-5,9,11-12,16-17H,6-8,10H2,1H3/t16-,17-/m1/s1. The third kappa shape index (κ3) is 3.09. The zero-order chi connectivity index (χ0) is 18.4. The van der Waals surface area contributed by atoms with Crippen LogP contribution in [0.5, 0.6) is 0 Å². The van der Waals surface area contributed by atoms with Crippen LogP contribution in [0.15, 0.2) is 42.6 Å². The predicted octanol–water partition coefficient (Wildman–Crippen LogP) is 3.66. The molecule has 5 rings (SSSR count). The van der Waals surface area contributed by atoms with Gasteiger partial charge in [-0.3, -0.25) is 0 Å². The van der Waals surface area contributed by atoms with Gasteiger partial charge in [-0.25, -0.2) is 9.67 Å². The molecule has 27 heavy (non-hydrogen) atoms. The normalized spacial score (nSPS) is 21.6. The van der Waals surface area contributed by atoms with Gasteiger partial charge < -0.3 is 9.64 Å². The minimum atomic E-state index is 0.234. The first-order valence-electron chi connectivity index (χ1n) is 9.23. The molecule has 0 saturated carbocycles. The fourth-order valence-electron chi connectivity index (χ4n) is 4.05. The van der Waals surface area contributed by atoms with Crippen LogP contribution >= 0.6 is 11.6 Å². The highest BCUT2D eigenvalue weighted by Gasteiger charge is 2.39. The van der Waals surface area contributed by atoms with Crippen LogP contribution in [0.4, 0.5) is 5.82 Å². The van der Waals surface area contributed by atoms with Crippen LogP contribution in [0, 0.1) is 6.92 Å². The van der Waals surface area contributed by atoms with Crippen molar-refractivity contribution in [3.8, 4) is 17.1 Å². The topological polar surface area (TPSA) is 56.1 Å². The molecule has 138 valence electrons. The molecular formula is C20H20ClN5O. The number of aromatic nitrogens is 4. The number of fused-ring (bicyclic) bond motifs is 1. The Balaban J connectivity index is 1.48. The summed E-state index contributed by atoms with van der Waals surface area (Å²) in [5.74, 6) is 1.52. The Hall–Kier alpha value is -2.44. The molecule has 2 aliphatic heterocycles. The highest BCUT2D eigenvalue weighted by molar-refractivity contribution is 6.28. The van der Waals surface area contributed by atoms with E-state index in [0.29, 0.717) is 18.0 Å². The largest absolute Gasteiger partial charge is 0.376 e. The Bertz CT molecular complexity index is 988. The Morgan fingerprint density at radius 3 is 2.89 bits per heavy atom. The maximum Gasteiger partial charge on any atom is 0.226 e. The molecule has 6 nitrogen and oxygen atoms in total. The number of hydrogen-bond acceptors (Lipinski definition) is 5. The van der Waals surface area contributed by atoms with Gasteiger partial charge in [0.25, 0.3) is 0 Å². The molecule has 0 unspecified atom stereocenters. The van der Waals surface area contributed by atoms with E-state index in [9.17, 15) is 0 Å². The molecule has 0 bridgehead atoms. The number of aryl methyl sites for hydroxylation is 1. The maximum absolute atomic E-state index is 6.24. The van der Waals surface area contributed by atoms with Gasteiger partial charge in [-0.15, -0.1) is 0 Å². The van der Waals surface area contributed by atoms with Crippen molar-refractivity contribution in [3.05, 3.63) is 53.4 Å². The van der Waals surface area contributed by atoms with Gasteiger partial charge in [-0.05, 0) is 43.5 Å². The molecule has 0 spiro atoms. The molecule has 2 saturated heterocycles. The summed E-state index contributed by atoms with van der Waals surface area (Å²) >= 11 is 6.24. The lowest BCUT2D eigenvalue weighted by molar-refractivity contribution is 0.113. The summed E-state index contributed by atoms with van der Waals surface area (Å²) in [6, 6.07) is 12.6. The second kappa shape index (κ2) is 6.62. The molecule has 2 aliphatic rings. The van der Waals surface area contributed by atoms with Gasteiger partial charge in [0, 0.05) is 31.0 Å². The molecule has 4 heterocycles. The van der Waals surface area contributed by atoms with Crippen LogP contribution in [-0.2, 0) is 4.74 Å². The molecule has 2 fully saturated rings. The first-order chi connectivity index (χ1) is 13.2. The Morgan fingerprint density at radius 1 is 1.11 bits per heavy atom. The van der Waals surface area contributed by atoms with Crippen LogP contribution in [0.1, 0.15) is 18.4 Å². The van der Waals surface area contributed by atoms with Crippen LogP contribution in [0.3, 0.4) is 0 Å². The average molecular weight is 382 g/mol.